The average Bonchev–Trinajstić information content (AvgIpc) is 2.48. The first-order valence-corrected chi connectivity index (χ1v) is 7.05. The Kier molecular flexibility index (Phi) is 4.99. The molecular weight excluding hydrogens is 262 g/mol. The maximum atomic E-state index is 12.1. The van der Waals surface area contributed by atoms with Gasteiger partial charge in [0.25, 0.3) is 0 Å². The van der Waals surface area contributed by atoms with E-state index in [0.29, 0.717) is 13.0 Å². The molecule has 2 rings (SSSR count). The van der Waals surface area contributed by atoms with Crippen LogP contribution in [-0.4, -0.2) is 13.0 Å². The normalized spacial score (nSPS) is 10.2. The zero-order valence-electron chi connectivity index (χ0n) is 12.8. The monoisotopic (exact) mass is 283 g/mol. The summed E-state index contributed by atoms with van der Waals surface area (Å²) in [6.45, 7) is 4.57. The number of carbonyl (C=O) groups excluding carboxylic acids is 1. The van der Waals surface area contributed by atoms with E-state index in [9.17, 15) is 4.79 Å². The van der Waals surface area contributed by atoms with E-state index < -0.39 is 0 Å². The van der Waals surface area contributed by atoms with Crippen molar-refractivity contribution < 1.29 is 9.53 Å². The third kappa shape index (κ3) is 4.09. The van der Waals surface area contributed by atoms with Crippen LogP contribution in [0.2, 0.25) is 0 Å². The fraction of sp³-hybridized carbons (Fsp3) is 0.278. The SMILES string of the molecule is COc1ccccc1CNC(=O)Cc1ccc(C)cc1C. The minimum Gasteiger partial charge on any atom is -0.496 e. The summed E-state index contributed by atoms with van der Waals surface area (Å²) in [4.78, 5) is 12.1. The number of hydrogen-bond donors (Lipinski definition) is 1. The molecule has 110 valence electrons. The maximum Gasteiger partial charge on any atom is 0.224 e. The topological polar surface area (TPSA) is 38.3 Å². The summed E-state index contributed by atoms with van der Waals surface area (Å²) in [7, 11) is 1.64. The van der Waals surface area contributed by atoms with Gasteiger partial charge >= 0.3 is 0 Å². The lowest BCUT2D eigenvalue weighted by Gasteiger charge is -2.10. The molecule has 0 spiro atoms. The molecule has 0 unspecified atom stereocenters. The van der Waals surface area contributed by atoms with Gasteiger partial charge in [-0.1, -0.05) is 42.0 Å². The minimum atomic E-state index is 0.0212. The number of nitrogens with one attached hydrogen (secondary N) is 1. The molecule has 0 atom stereocenters. The van der Waals surface area contributed by atoms with Gasteiger partial charge < -0.3 is 10.1 Å². The highest BCUT2D eigenvalue weighted by molar-refractivity contribution is 5.79. The van der Waals surface area contributed by atoms with E-state index in [4.69, 9.17) is 4.74 Å². The predicted molar refractivity (Wildman–Crippen MR) is 84.5 cm³/mol. The smallest absolute Gasteiger partial charge is 0.224 e. The Morgan fingerprint density at radius 2 is 1.86 bits per heavy atom. The molecule has 0 aliphatic heterocycles. The fourth-order valence-corrected chi connectivity index (χ4v) is 2.32. The molecular formula is C18H21NO2. The van der Waals surface area contributed by atoms with Crippen molar-refractivity contribution in [3.63, 3.8) is 0 Å². The Bertz CT molecular complexity index is 635. The van der Waals surface area contributed by atoms with Crippen molar-refractivity contribution in [2.75, 3.05) is 7.11 Å². The molecule has 0 bridgehead atoms. The summed E-state index contributed by atoms with van der Waals surface area (Å²) in [6, 6.07) is 13.9. The molecule has 2 aromatic rings. The van der Waals surface area contributed by atoms with E-state index in [1.54, 1.807) is 7.11 Å². The minimum absolute atomic E-state index is 0.0212. The highest BCUT2D eigenvalue weighted by Crippen LogP contribution is 2.17. The summed E-state index contributed by atoms with van der Waals surface area (Å²) in [6.07, 6.45) is 0.404. The number of amides is 1. The molecule has 21 heavy (non-hydrogen) atoms. The van der Waals surface area contributed by atoms with Gasteiger partial charge in [-0.15, -0.1) is 0 Å². The zero-order valence-corrected chi connectivity index (χ0v) is 12.8. The molecule has 1 amide bonds. The summed E-state index contributed by atoms with van der Waals surface area (Å²) in [5.74, 6) is 0.817. The summed E-state index contributed by atoms with van der Waals surface area (Å²) >= 11 is 0. The lowest BCUT2D eigenvalue weighted by atomic mass is 10.0. The summed E-state index contributed by atoms with van der Waals surface area (Å²) < 4.78 is 5.28. The van der Waals surface area contributed by atoms with Crippen molar-refractivity contribution in [2.45, 2.75) is 26.8 Å². The van der Waals surface area contributed by atoms with Crippen LogP contribution in [0.25, 0.3) is 0 Å². The van der Waals surface area contributed by atoms with Gasteiger partial charge in [-0.3, -0.25) is 4.79 Å². The Hall–Kier alpha value is -2.29. The Labute approximate surface area is 126 Å². The van der Waals surface area contributed by atoms with Gasteiger partial charge in [0.2, 0.25) is 5.91 Å². The second-order valence-electron chi connectivity index (χ2n) is 5.20. The predicted octanol–water partition coefficient (Wildman–Crippen LogP) is 3.17. The number of aryl methyl sites for hydroxylation is 2. The molecule has 2 aromatic carbocycles. The van der Waals surface area contributed by atoms with E-state index in [1.165, 1.54) is 5.56 Å². The number of methoxy groups -OCH3 is 1. The third-order valence-electron chi connectivity index (χ3n) is 3.52. The molecule has 0 saturated heterocycles. The van der Waals surface area contributed by atoms with Crippen LogP contribution in [0.1, 0.15) is 22.3 Å². The average molecular weight is 283 g/mol. The first kappa shape index (κ1) is 15.1. The van der Waals surface area contributed by atoms with Gasteiger partial charge in [0, 0.05) is 12.1 Å². The number of ether oxygens (including phenoxy) is 1. The van der Waals surface area contributed by atoms with Crippen LogP contribution in [0.5, 0.6) is 5.75 Å². The van der Waals surface area contributed by atoms with E-state index in [2.05, 4.69) is 18.3 Å². The molecule has 0 saturated carbocycles. The van der Waals surface area contributed by atoms with Gasteiger partial charge in [0.15, 0.2) is 0 Å². The number of benzene rings is 2. The van der Waals surface area contributed by atoms with E-state index in [1.807, 2.05) is 43.3 Å². The van der Waals surface area contributed by atoms with Crippen LogP contribution < -0.4 is 10.1 Å². The molecule has 3 nitrogen and oxygen atoms in total. The van der Waals surface area contributed by atoms with Crippen LogP contribution in [-0.2, 0) is 17.8 Å². The van der Waals surface area contributed by atoms with Gasteiger partial charge in [-0.2, -0.15) is 0 Å². The quantitative estimate of drug-likeness (QED) is 0.915. The Morgan fingerprint density at radius 3 is 2.57 bits per heavy atom. The van der Waals surface area contributed by atoms with Crippen LogP contribution >= 0.6 is 0 Å². The summed E-state index contributed by atoms with van der Waals surface area (Å²) in [5.41, 5.74) is 4.42. The van der Waals surface area contributed by atoms with Gasteiger partial charge in [-0.05, 0) is 31.0 Å². The van der Waals surface area contributed by atoms with Gasteiger partial charge in [0.1, 0.15) is 5.75 Å². The van der Waals surface area contributed by atoms with Crippen molar-refractivity contribution >= 4 is 5.91 Å². The largest absolute Gasteiger partial charge is 0.496 e. The molecule has 1 N–H and O–H groups in total. The number of rotatable bonds is 5. The number of para-hydroxylation sites is 1. The van der Waals surface area contributed by atoms with Crippen molar-refractivity contribution in [2.24, 2.45) is 0 Å². The molecule has 0 radical (unpaired) electrons. The molecule has 3 heteroatoms. The summed E-state index contributed by atoms with van der Waals surface area (Å²) in [5, 5.41) is 2.95. The Balaban J connectivity index is 1.96. The highest BCUT2D eigenvalue weighted by Gasteiger charge is 2.07. The highest BCUT2D eigenvalue weighted by atomic mass is 16.5. The van der Waals surface area contributed by atoms with E-state index >= 15 is 0 Å². The molecule has 0 aliphatic rings. The molecule has 0 fully saturated rings. The van der Waals surface area contributed by atoms with Gasteiger partial charge in [0.05, 0.1) is 13.5 Å². The van der Waals surface area contributed by atoms with Crippen molar-refractivity contribution in [1.29, 1.82) is 0 Å². The standard InChI is InChI=1S/C18H21NO2/c1-13-8-9-15(14(2)10-13)11-18(20)19-12-16-6-4-5-7-17(16)21-3/h4-10H,11-12H2,1-3H3,(H,19,20). The molecule has 0 heterocycles. The lowest BCUT2D eigenvalue weighted by Crippen LogP contribution is -2.25. The van der Waals surface area contributed by atoms with E-state index in [-0.39, 0.29) is 5.91 Å². The van der Waals surface area contributed by atoms with Crippen LogP contribution in [0, 0.1) is 13.8 Å². The fourth-order valence-electron chi connectivity index (χ4n) is 2.32. The lowest BCUT2D eigenvalue weighted by molar-refractivity contribution is -0.120. The number of carbonyl (C=O) groups is 1. The van der Waals surface area contributed by atoms with Crippen LogP contribution in [0.4, 0.5) is 0 Å². The van der Waals surface area contributed by atoms with Crippen molar-refractivity contribution in [1.82, 2.24) is 5.32 Å². The number of hydrogen-bond acceptors (Lipinski definition) is 2. The van der Waals surface area contributed by atoms with Crippen LogP contribution in [0.15, 0.2) is 42.5 Å². The van der Waals surface area contributed by atoms with Crippen molar-refractivity contribution in [3.8, 4) is 5.75 Å². The first-order chi connectivity index (χ1) is 10.1. The maximum absolute atomic E-state index is 12.1. The molecule has 0 aliphatic carbocycles. The second kappa shape index (κ2) is 6.93. The van der Waals surface area contributed by atoms with Crippen molar-refractivity contribution in [3.05, 3.63) is 64.7 Å². The second-order valence-corrected chi connectivity index (χ2v) is 5.20. The molecule has 0 aromatic heterocycles. The first-order valence-electron chi connectivity index (χ1n) is 7.05. The van der Waals surface area contributed by atoms with E-state index in [0.717, 1.165) is 22.4 Å². The zero-order chi connectivity index (χ0) is 15.2. The Morgan fingerprint density at radius 1 is 1.10 bits per heavy atom. The van der Waals surface area contributed by atoms with Crippen LogP contribution in [0.3, 0.4) is 0 Å². The van der Waals surface area contributed by atoms with Gasteiger partial charge in [-0.25, -0.2) is 0 Å². The third-order valence-corrected chi connectivity index (χ3v) is 3.52.